The normalized spacial score (nSPS) is 10.0. The summed E-state index contributed by atoms with van der Waals surface area (Å²) in [5.74, 6) is 0. The van der Waals surface area contributed by atoms with Crippen LogP contribution in [0.4, 0.5) is 0 Å². The number of hydrogen-bond donors (Lipinski definition) is 0. The molecular weight excluding hydrogens is 478 g/mol. The average molecular weight is 478 g/mol. The van der Waals surface area contributed by atoms with Gasteiger partial charge in [-0.05, 0) is 0 Å². The van der Waals surface area contributed by atoms with Gasteiger partial charge in [0.05, 0.1) is 0 Å². The number of halogens is 4. The Balaban J connectivity index is 0. The molecular formula is BBrI3Li. The van der Waals surface area contributed by atoms with Crippen LogP contribution in [0.5, 0.6) is 0 Å². The first-order chi connectivity index (χ1) is 2.00. The minimum Gasteiger partial charge on any atom is -0.314 e. The molecule has 0 heterocycles. The van der Waals surface area contributed by atoms with Gasteiger partial charge in [0.25, 0.3) is 0 Å². The van der Waals surface area contributed by atoms with Gasteiger partial charge >= 0.3 is 18.9 Å². The standard InChI is InChI=1S/BBrI3.Li/c2-1(3,4)5;/q-1;+1. The van der Waals surface area contributed by atoms with Crippen molar-refractivity contribution in [2.24, 2.45) is 0 Å². The minimum atomic E-state index is -0.278. The van der Waals surface area contributed by atoms with E-state index in [1.807, 2.05) is 0 Å². The summed E-state index contributed by atoms with van der Waals surface area (Å²) in [4.78, 5) is 0. The van der Waals surface area contributed by atoms with Gasteiger partial charge in [-0.2, -0.15) is 0 Å². The van der Waals surface area contributed by atoms with Crippen LogP contribution in [0.2, 0.25) is 0 Å². The van der Waals surface area contributed by atoms with E-state index in [2.05, 4.69) is 82.9 Å². The van der Waals surface area contributed by atoms with Crippen molar-refractivity contribution in [1.82, 2.24) is 0 Å². The van der Waals surface area contributed by atoms with E-state index in [-0.39, 0.29) is 17.4 Å². The summed E-state index contributed by atoms with van der Waals surface area (Å²) in [5.41, 5.74) is 0. The molecule has 0 aliphatic rings. The van der Waals surface area contributed by atoms with Gasteiger partial charge in [0.15, 0.2) is 0 Å². The predicted molar refractivity (Wildman–Crippen MR) is 56.7 cm³/mol. The summed E-state index contributed by atoms with van der Waals surface area (Å²) < 4.78 is -0.278. The van der Waals surface area contributed by atoms with E-state index in [0.717, 1.165) is 0 Å². The first-order valence-corrected chi connectivity index (χ1v) is 5.53. The second-order valence-electron chi connectivity index (χ2n) is 0.495. The van der Waals surface area contributed by atoms with E-state index >= 15 is 0 Å². The van der Waals surface area contributed by atoms with E-state index in [4.69, 9.17) is 0 Å². The summed E-state index contributed by atoms with van der Waals surface area (Å²) >= 11 is 10.4. The van der Waals surface area contributed by atoms with Gasteiger partial charge in [-0.25, -0.2) is 0 Å². The second-order valence-corrected chi connectivity index (χ2v) is 19.8. The first-order valence-electron chi connectivity index (χ1n) is 0.873. The van der Waals surface area contributed by atoms with Gasteiger partial charge in [-0.15, -0.1) is 0 Å². The smallest absolute Gasteiger partial charge is 0.314 e. The average Bonchev–Trinajstić information content (AvgIpc) is 0.722. The Hall–Kier alpha value is 3.33. The Morgan fingerprint density at radius 1 is 1.17 bits per heavy atom. The van der Waals surface area contributed by atoms with Crippen molar-refractivity contribution in [3.63, 3.8) is 0 Å². The first kappa shape index (κ1) is 12.1. The van der Waals surface area contributed by atoms with Crippen LogP contribution in [0.15, 0.2) is 0 Å². The molecule has 0 fully saturated rings. The third-order valence-corrected chi connectivity index (χ3v) is 0. The van der Waals surface area contributed by atoms with E-state index in [0.29, 0.717) is 0 Å². The van der Waals surface area contributed by atoms with Crippen molar-refractivity contribution >= 4 is 81.4 Å². The number of rotatable bonds is 0. The molecule has 0 aliphatic heterocycles. The molecule has 0 aromatic carbocycles. The van der Waals surface area contributed by atoms with Crippen molar-refractivity contribution in [3.8, 4) is 0 Å². The molecule has 32 valence electrons. The Labute approximate surface area is 98.0 Å². The number of hydrogen-bond acceptors (Lipinski definition) is 0. The summed E-state index contributed by atoms with van der Waals surface area (Å²) in [6, 6.07) is 0. The molecule has 0 saturated carbocycles. The van der Waals surface area contributed by atoms with E-state index < -0.39 is 0 Å². The SMILES string of the molecule is Br[B-](I)(I)I.[Li+]. The molecule has 0 rings (SSSR count). The van der Waals surface area contributed by atoms with E-state index in [1.165, 1.54) is 0 Å². The van der Waals surface area contributed by atoms with Crippen LogP contribution < -0.4 is 18.9 Å². The van der Waals surface area contributed by atoms with Gasteiger partial charge < -0.3 is 82.9 Å². The van der Waals surface area contributed by atoms with Gasteiger partial charge in [0.2, 0.25) is -1.46 Å². The molecule has 0 saturated heterocycles. The van der Waals surface area contributed by atoms with Crippen molar-refractivity contribution in [1.29, 1.82) is 0 Å². The quantitative estimate of drug-likeness (QED) is 0.343. The minimum absolute atomic E-state index is 0. The van der Waals surface area contributed by atoms with Crippen LogP contribution in [-0.4, -0.2) is -1.46 Å². The van der Waals surface area contributed by atoms with Crippen LogP contribution >= 0.6 is 82.9 Å². The van der Waals surface area contributed by atoms with Gasteiger partial charge in [0.1, 0.15) is 0 Å². The summed E-state index contributed by atoms with van der Waals surface area (Å²) in [5, 5.41) is 0. The van der Waals surface area contributed by atoms with Crippen LogP contribution in [0.25, 0.3) is 0 Å². The maximum atomic E-state index is 3.40. The maximum absolute atomic E-state index is 3.40. The maximum Gasteiger partial charge on any atom is 1.00 e. The zero-order valence-electron chi connectivity index (χ0n) is 3.09. The molecule has 0 spiro atoms. The van der Waals surface area contributed by atoms with E-state index in [1.54, 1.807) is 0 Å². The molecule has 6 heteroatoms. The fraction of sp³-hybridized carbons (Fsp3) is 0. The summed E-state index contributed by atoms with van der Waals surface area (Å²) in [6.07, 6.45) is 0. The third kappa shape index (κ3) is 26.5. The van der Waals surface area contributed by atoms with Crippen molar-refractivity contribution in [3.05, 3.63) is 0 Å². The fourth-order valence-electron chi connectivity index (χ4n) is 0. The summed E-state index contributed by atoms with van der Waals surface area (Å²) in [6.45, 7) is 0. The molecule has 0 bridgehead atoms. The second kappa shape index (κ2) is 5.14. The van der Waals surface area contributed by atoms with Crippen molar-refractivity contribution < 1.29 is 18.9 Å². The zero-order chi connectivity index (χ0) is 4.50. The zero-order valence-corrected chi connectivity index (χ0v) is 11.1. The fourth-order valence-corrected chi connectivity index (χ4v) is 0. The summed E-state index contributed by atoms with van der Waals surface area (Å²) in [7, 11) is 0. The van der Waals surface area contributed by atoms with Gasteiger partial charge in [-0.1, -0.05) is 0 Å². The largest absolute Gasteiger partial charge is 1.00 e. The van der Waals surface area contributed by atoms with Crippen LogP contribution in [0.3, 0.4) is 0 Å². The van der Waals surface area contributed by atoms with E-state index in [9.17, 15) is 0 Å². The van der Waals surface area contributed by atoms with Crippen LogP contribution in [0, 0.1) is 0 Å². The van der Waals surface area contributed by atoms with Crippen LogP contribution in [-0.2, 0) is 0 Å². The van der Waals surface area contributed by atoms with Gasteiger partial charge in [0, 0.05) is 0 Å². The molecule has 0 amide bonds. The van der Waals surface area contributed by atoms with Crippen LogP contribution in [0.1, 0.15) is 0 Å². The van der Waals surface area contributed by atoms with Gasteiger partial charge in [-0.3, -0.25) is 0 Å². The molecule has 0 atom stereocenters. The Morgan fingerprint density at radius 3 is 1.17 bits per heavy atom. The van der Waals surface area contributed by atoms with Crippen molar-refractivity contribution in [2.45, 2.75) is 0 Å². The Bertz CT molecular complexity index is 26.3. The molecule has 0 aromatic rings. The third-order valence-electron chi connectivity index (χ3n) is 0. The molecule has 0 N–H and O–H groups in total. The monoisotopic (exact) mass is 478 g/mol. The predicted octanol–water partition coefficient (Wildman–Crippen LogP) is 0.126. The molecule has 0 nitrogen and oxygen atoms in total. The molecule has 0 aromatic heterocycles. The molecule has 0 unspecified atom stereocenters. The Morgan fingerprint density at radius 2 is 1.17 bits per heavy atom. The molecule has 6 heavy (non-hydrogen) atoms. The molecule has 0 radical (unpaired) electrons. The Kier molecular flexibility index (Phi) is 10.3. The topological polar surface area (TPSA) is 0 Å². The van der Waals surface area contributed by atoms with Crippen molar-refractivity contribution in [2.75, 3.05) is 0 Å². The molecule has 0 aliphatic carbocycles.